The van der Waals surface area contributed by atoms with Crippen molar-refractivity contribution in [3.05, 3.63) is 33.8 Å². The van der Waals surface area contributed by atoms with Crippen LogP contribution in [0.15, 0.2) is 18.2 Å². The van der Waals surface area contributed by atoms with Gasteiger partial charge in [-0.1, -0.05) is 49.2 Å². The monoisotopic (exact) mass is 329 g/mol. The minimum Gasteiger partial charge on any atom is -0.388 e. The molecule has 1 aromatic rings. The highest BCUT2D eigenvalue weighted by Crippen LogP contribution is 2.32. The van der Waals surface area contributed by atoms with E-state index in [-0.39, 0.29) is 0 Å². The second-order valence-corrected chi connectivity index (χ2v) is 7.16. The van der Waals surface area contributed by atoms with Crippen molar-refractivity contribution in [2.45, 2.75) is 39.2 Å². The molecule has 0 saturated carbocycles. The van der Waals surface area contributed by atoms with Crippen LogP contribution < -0.4 is 0 Å². The van der Waals surface area contributed by atoms with Gasteiger partial charge in [0.15, 0.2) is 0 Å². The first kappa shape index (κ1) is 17.1. The Hall–Kier alpha value is -0.280. The van der Waals surface area contributed by atoms with Gasteiger partial charge in [0.25, 0.3) is 0 Å². The molecule has 1 aliphatic rings. The van der Waals surface area contributed by atoms with Gasteiger partial charge in [0, 0.05) is 12.1 Å². The van der Waals surface area contributed by atoms with Gasteiger partial charge in [-0.15, -0.1) is 0 Å². The molecule has 4 heteroatoms. The Morgan fingerprint density at radius 1 is 1.24 bits per heavy atom. The molecular weight excluding hydrogens is 305 g/mol. The zero-order valence-corrected chi connectivity index (χ0v) is 14.4. The Kier molecular flexibility index (Phi) is 6.36. The third kappa shape index (κ3) is 4.59. The summed E-state index contributed by atoms with van der Waals surface area (Å²) in [6, 6.07) is 5.43. The van der Waals surface area contributed by atoms with Crippen molar-refractivity contribution in [1.29, 1.82) is 0 Å². The number of halogens is 2. The molecule has 1 fully saturated rings. The van der Waals surface area contributed by atoms with Crippen LogP contribution in [-0.2, 0) is 0 Å². The van der Waals surface area contributed by atoms with Crippen molar-refractivity contribution in [1.82, 2.24) is 4.90 Å². The van der Waals surface area contributed by atoms with Crippen LogP contribution in [0.5, 0.6) is 0 Å². The number of nitrogens with zero attached hydrogens (tertiary/aromatic N) is 1. The molecule has 0 aromatic heterocycles. The van der Waals surface area contributed by atoms with E-state index in [0.717, 1.165) is 37.0 Å². The first-order valence-corrected chi connectivity index (χ1v) is 8.59. The maximum atomic E-state index is 10.3. The molecule has 1 heterocycles. The topological polar surface area (TPSA) is 23.5 Å². The highest BCUT2D eigenvalue weighted by atomic mass is 35.5. The molecule has 0 spiro atoms. The molecule has 0 radical (unpaired) electrons. The lowest BCUT2D eigenvalue weighted by Gasteiger charge is -2.34. The average Bonchev–Trinajstić information content (AvgIpc) is 2.48. The van der Waals surface area contributed by atoms with Crippen LogP contribution in [0.2, 0.25) is 10.0 Å². The molecule has 1 aliphatic heterocycles. The zero-order valence-electron chi connectivity index (χ0n) is 12.9. The van der Waals surface area contributed by atoms with Gasteiger partial charge in [0.05, 0.1) is 16.1 Å². The van der Waals surface area contributed by atoms with Crippen molar-refractivity contribution < 1.29 is 5.11 Å². The maximum Gasteiger partial charge on any atom is 0.0817 e. The molecule has 21 heavy (non-hydrogen) atoms. The first-order chi connectivity index (χ1) is 9.99. The molecule has 1 unspecified atom stereocenters. The van der Waals surface area contributed by atoms with E-state index in [0.29, 0.717) is 16.5 Å². The first-order valence-electron chi connectivity index (χ1n) is 7.83. The number of aliphatic hydroxyl groups is 1. The van der Waals surface area contributed by atoms with Crippen molar-refractivity contribution in [2.75, 3.05) is 19.6 Å². The molecule has 1 aromatic carbocycles. The molecule has 118 valence electrons. The summed E-state index contributed by atoms with van der Waals surface area (Å²) >= 11 is 12.2. The van der Waals surface area contributed by atoms with Crippen molar-refractivity contribution in [3.8, 4) is 0 Å². The van der Waals surface area contributed by atoms with Crippen LogP contribution in [0, 0.1) is 11.8 Å². The third-order valence-corrected chi connectivity index (χ3v) is 5.47. The van der Waals surface area contributed by atoms with Crippen LogP contribution in [-0.4, -0.2) is 29.6 Å². The molecular formula is C17H25Cl2NO. The Morgan fingerprint density at radius 3 is 2.52 bits per heavy atom. The second-order valence-electron chi connectivity index (χ2n) is 6.37. The molecule has 1 saturated heterocycles. The predicted octanol–water partition coefficient (Wildman–Crippen LogP) is 4.78. The average molecular weight is 330 g/mol. The standard InChI is InChI=1S/C17H25Cl2NO/c1-12(2)13-6-9-20(10-7-13)11-8-16(21)14-4-3-5-15(18)17(14)19/h3-5,12-13,16,21H,6-11H2,1-2H3. The SMILES string of the molecule is CC(C)C1CCN(CCC(O)c2cccc(Cl)c2Cl)CC1. The van der Waals surface area contributed by atoms with Gasteiger partial charge in [-0.2, -0.15) is 0 Å². The van der Waals surface area contributed by atoms with E-state index in [9.17, 15) is 5.11 Å². The Labute approximate surface area is 138 Å². The minimum atomic E-state index is -0.543. The van der Waals surface area contributed by atoms with Crippen LogP contribution in [0.3, 0.4) is 0 Å². The van der Waals surface area contributed by atoms with E-state index in [4.69, 9.17) is 23.2 Å². The predicted molar refractivity (Wildman–Crippen MR) is 90.0 cm³/mol. The highest BCUT2D eigenvalue weighted by molar-refractivity contribution is 6.42. The molecule has 2 rings (SSSR count). The summed E-state index contributed by atoms with van der Waals surface area (Å²) in [6.45, 7) is 7.81. The van der Waals surface area contributed by atoms with E-state index in [1.807, 2.05) is 12.1 Å². The molecule has 0 amide bonds. The highest BCUT2D eigenvalue weighted by Gasteiger charge is 2.22. The number of likely N-dealkylation sites (tertiary alicyclic amines) is 1. The van der Waals surface area contributed by atoms with Gasteiger partial charge < -0.3 is 10.0 Å². The summed E-state index contributed by atoms with van der Waals surface area (Å²) in [6.07, 6.45) is 2.70. The van der Waals surface area contributed by atoms with Crippen LogP contribution >= 0.6 is 23.2 Å². The van der Waals surface area contributed by atoms with Gasteiger partial charge >= 0.3 is 0 Å². The van der Waals surface area contributed by atoms with Gasteiger partial charge in [0.1, 0.15) is 0 Å². The number of piperidine rings is 1. The van der Waals surface area contributed by atoms with E-state index in [1.54, 1.807) is 6.07 Å². The Morgan fingerprint density at radius 2 is 1.90 bits per heavy atom. The van der Waals surface area contributed by atoms with Gasteiger partial charge in [-0.3, -0.25) is 0 Å². The van der Waals surface area contributed by atoms with E-state index in [2.05, 4.69) is 18.7 Å². The van der Waals surface area contributed by atoms with Crippen LogP contribution in [0.1, 0.15) is 44.8 Å². The smallest absolute Gasteiger partial charge is 0.0817 e. The lowest BCUT2D eigenvalue weighted by molar-refractivity contribution is 0.114. The van der Waals surface area contributed by atoms with Crippen LogP contribution in [0.4, 0.5) is 0 Å². The molecule has 1 N–H and O–H groups in total. The number of hydrogen-bond acceptors (Lipinski definition) is 2. The number of benzene rings is 1. The van der Waals surface area contributed by atoms with E-state index in [1.165, 1.54) is 12.8 Å². The Balaban J connectivity index is 1.82. The Bertz CT molecular complexity index is 456. The number of aliphatic hydroxyl groups excluding tert-OH is 1. The lowest BCUT2D eigenvalue weighted by Crippen LogP contribution is -2.36. The van der Waals surface area contributed by atoms with Crippen molar-refractivity contribution in [2.24, 2.45) is 11.8 Å². The maximum absolute atomic E-state index is 10.3. The van der Waals surface area contributed by atoms with E-state index >= 15 is 0 Å². The number of hydrogen-bond donors (Lipinski definition) is 1. The quantitative estimate of drug-likeness (QED) is 0.839. The summed E-state index contributed by atoms with van der Waals surface area (Å²) in [4.78, 5) is 2.44. The summed E-state index contributed by atoms with van der Waals surface area (Å²) in [5.41, 5.74) is 0.737. The molecule has 0 aliphatic carbocycles. The zero-order chi connectivity index (χ0) is 15.4. The minimum absolute atomic E-state index is 0.477. The fourth-order valence-electron chi connectivity index (χ4n) is 3.08. The fourth-order valence-corrected chi connectivity index (χ4v) is 3.52. The molecule has 2 nitrogen and oxygen atoms in total. The van der Waals surface area contributed by atoms with Gasteiger partial charge in [-0.25, -0.2) is 0 Å². The van der Waals surface area contributed by atoms with Crippen molar-refractivity contribution >= 4 is 23.2 Å². The summed E-state index contributed by atoms with van der Waals surface area (Å²) < 4.78 is 0. The van der Waals surface area contributed by atoms with Crippen molar-refractivity contribution in [3.63, 3.8) is 0 Å². The summed E-state index contributed by atoms with van der Waals surface area (Å²) in [7, 11) is 0. The third-order valence-electron chi connectivity index (χ3n) is 4.63. The van der Waals surface area contributed by atoms with Gasteiger partial charge in [0.2, 0.25) is 0 Å². The van der Waals surface area contributed by atoms with E-state index < -0.39 is 6.10 Å². The second kappa shape index (κ2) is 7.82. The summed E-state index contributed by atoms with van der Waals surface area (Å²) in [5.74, 6) is 1.64. The molecule has 1 atom stereocenters. The largest absolute Gasteiger partial charge is 0.388 e. The normalized spacial score (nSPS) is 19.1. The fraction of sp³-hybridized carbons (Fsp3) is 0.647. The molecule has 0 bridgehead atoms. The lowest BCUT2D eigenvalue weighted by atomic mass is 9.86. The van der Waals surface area contributed by atoms with Gasteiger partial charge in [-0.05, 0) is 50.3 Å². The summed E-state index contributed by atoms with van der Waals surface area (Å²) in [5, 5.41) is 11.3. The number of rotatable bonds is 5. The van der Waals surface area contributed by atoms with Crippen LogP contribution in [0.25, 0.3) is 0 Å².